The van der Waals surface area contributed by atoms with Gasteiger partial charge in [-0.1, -0.05) is 0 Å². The van der Waals surface area contributed by atoms with Gasteiger partial charge in [0.15, 0.2) is 5.78 Å². The highest BCUT2D eigenvalue weighted by Crippen LogP contribution is 2.28. The molecule has 1 aromatic carbocycles. The molecule has 0 saturated carbocycles. The van der Waals surface area contributed by atoms with Gasteiger partial charge in [-0.25, -0.2) is 4.98 Å². The van der Waals surface area contributed by atoms with Crippen molar-refractivity contribution < 1.29 is 9.90 Å². The molecule has 1 saturated heterocycles. The number of aromatic nitrogens is 2. The smallest absolute Gasteiger partial charge is 0.261 e. The first kappa shape index (κ1) is 18.6. The number of piperidine rings is 1. The van der Waals surface area contributed by atoms with Crippen molar-refractivity contribution in [3.05, 3.63) is 33.3 Å². The van der Waals surface area contributed by atoms with Crippen LogP contribution in [0.15, 0.2) is 32.6 Å². The van der Waals surface area contributed by atoms with Gasteiger partial charge in [0, 0.05) is 21.8 Å². The molecule has 0 bridgehead atoms. The molecule has 0 spiro atoms. The number of ketones is 1. The highest BCUT2D eigenvalue weighted by molar-refractivity contribution is 9.10. The van der Waals surface area contributed by atoms with Crippen LogP contribution in [-0.4, -0.2) is 45.4 Å². The van der Waals surface area contributed by atoms with E-state index in [-0.39, 0.29) is 30.3 Å². The number of carbonyl (C=O) groups is 1. The Hall–Kier alpha value is -1.22. The monoisotopic (exact) mass is 425 g/mol. The summed E-state index contributed by atoms with van der Waals surface area (Å²) in [5.74, 6) is -0.0936. The molecule has 2 heterocycles. The molecule has 0 radical (unpaired) electrons. The Morgan fingerprint density at radius 1 is 1.52 bits per heavy atom. The van der Waals surface area contributed by atoms with E-state index in [0.717, 1.165) is 22.3 Å². The Morgan fingerprint density at radius 2 is 2.32 bits per heavy atom. The predicted octanol–water partition coefficient (Wildman–Crippen LogP) is 1.95. The molecule has 0 amide bonds. The van der Waals surface area contributed by atoms with Gasteiger partial charge in [-0.3, -0.25) is 14.2 Å². The fourth-order valence-corrected chi connectivity index (χ4v) is 4.38. The van der Waals surface area contributed by atoms with Crippen molar-refractivity contribution in [2.75, 3.05) is 12.8 Å². The lowest BCUT2D eigenvalue weighted by Gasteiger charge is -2.28. The molecule has 0 unspecified atom stereocenters. The van der Waals surface area contributed by atoms with Crippen molar-refractivity contribution in [1.82, 2.24) is 14.9 Å². The van der Waals surface area contributed by atoms with Gasteiger partial charge in [0.25, 0.3) is 5.56 Å². The molecule has 0 aliphatic carbocycles. The van der Waals surface area contributed by atoms with Gasteiger partial charge in [-0.2, -0.15) is 0 Å². The van der Waals surface area contributed by atoms with Crippen LogP contribution in [0.5, 0.6) is 0 Å². The number of halogens is 1. The average Bonchev–Trinajstić information content (AvgIpc) is 2.59. The average molecular weight is 426 g/mol. The number of hydrogen-bond donors (Lipinski definition) is 2. The summed E-state index contributed by atoms with van der Waals surface area (Å²) in [6.07, 6.45) is 4.67. The Kier molecular flexibility index (Phi) is 5.93. The summed E-state index contributed by atoms with van der Waals surface area (Å²) in [7, 11) is 0. The number of hydrogen-bond acceptors (Lipinski definition) is 6. The topological polar surface area (TPSA) is 84.2 Å². The Morgan fingerprint density at radius 3 is 3.04 bits per heavy atom. The van der Waals surface area contributed by atoms with E-state index >= 15 is 0 Å². The van der Waals surface area contributed by atoms with Crippen LogP contribution in [0.2, 0.25) is 0 Å². The fourth-order valence-electron chi connectivity index (χ4n) is 3.07. The zero-order chi connectivity index (χ0) is 18.0. The second-order valence-electron chi connectivity index (χ2n) is 6.19. The molecular formula is C17H20BrN3O3S. The van der Waals surface area contributed by atoms with E-state index < -0.39 is 6.10 Å². The fraction of sp³-hybridized carbons (Fsp3) is 0.471. The molecule has 2 aromatic rings. The molecule has 1 aliphatic heterocycles. The number of rotatable bonds is 5. The molecule has 3 rings (SSSR count). The van der Waals surface area contributed by atoms with Gasteiger partial charge in [0.05, 0.1) is 29.9 Å². The van der Waals surface area contributed by atoms with E-state index in [0.29, 0.717) is 17.3 Å². The second kappa shape index (κ2) is 7.99. The molecule has 25 heavy (non-hydrogen) atoms. The minimum absolute atomic E-state index is 0.0304. The van der Waals surface area contributed by atoms with Crippen LogP contribution >= 0.6 is 27.7 Å². The molecule has 6 nitrogen and oxygen atoms in total. The van der Waals surface area contributed by atoms with E-state index in [1.165, 1.54) is 22.7 Å². The van der Waals surface area contributed by atoms with Crippen LogP contribution in [0, 0.1) is 0 Å². The zero-order valence-electron chi connectivity index (χ0n) is 13.9. The summed E-state index contributed by atoms with van der Waals surface area (Å²) in [6.45, 7) is 0.774. The minimum atomic E-state index is -0.509. The third-order valence-electron chi connectivity index (χ3n) is 4.44. The van der Waals surface area contributed by atoms with E-state index in [1.54, 1.807) is 6.07 Å². The van der Waals surface area contributed by atoms with Crippen LogP contribution in [0.4, 0.5) is 0 Å². The maximum absolute atomic E-state index is 12.7. The zero-order valence-corrected chi connectivity index (χ0v) is 16.3. The number of nitrogens with one attached hydrogen (secondary N) is 1. The summed E-state index contributed by atoms with van der Waals surface area (Å²) in [4.78, 5) is 30.3. The van der Waals surface area contributed by atoms with Crippen LogP contribution in [-0.2, 0) is 11.3 Å². The van der Waals surface area contributed by atoms with Gasteiger partial charge in [0.1, 0.15) is 0 Å². The van der Waals surface area contributed by atoms with Crippen molar-refractivity contribution in [1.29, 1.82) is 0 Å². The van der Waals surface area contributed by atoms with Crippen LogP contribution < -0.4 is 10.9 Å². The number of nitrogens with zero attached hydrogens (tertiary/aromatic N) is 2. The standard InChI is InChI=1S/C17H20BrN3O3S/c1-25-16-6-11-13(7-12(16)18)20-9-21(17(11)24)8-10(22)5-14-15(23)3-2-4-19-14/h6-7,9,14-15,19,23H,2-5,8H2,1H3/t14-,15+/m0/s1. The van der Waals surface area contributed by atoms with E-state index in [4.69, 9.17) is 0 Å². The Balaban J connectivity index is 1.81. The van der Waals surface area contributed by atoms with E-state index in [2.05, 4.69) is 26.2 Å². The van der Waals surface area contributed by atoms with Crippen molar-refractivity contribution in [3.8, 4) is 0 Å². The number of Topliss-reactive ketones (excluding diaryl/α,β-unsaturated/α-hetero) is 1. The summed E-state index contributed by atoms with van der Waals surface area (Å²) >= 11 is 5.00. The molecular weight excluding hydrogens is 406 g/mol. The lowest BCUT2D eigenvalue weighted by atomic mass is 9.97. The van der Waals surface area contributed by atoms with Crippen LogP contribution in [0.25, 0.3) is 10.9 Å². The number of fused-ring (bicyclic) bond motifs is 1. The molecule has 134 valence electrons. The molecule has 1 aliphatic rings. The number of benzene rings is 1. The molecule has 1 fully saturated rings. The summed E-state index contributed by atoms with van der Waals surface area (Å²) in [5, 5.41) is 13.6. The normalized spacial score (nSPS) is 20.8. The molecule has 1 aromatic heterocycles. The van der Waals surface area contributed by atoms with Crippen LogP contribution in [0.3, 0.4) is 0 Å². The maximum atomic E-state index is 12.7. The van der Waals surface area contributed by atoms with Gasteiger partial charge >= 0.3 is 0 Å². The van der Waals surface area contributed by atoms with Crippen molar-refractivity contribution in [2.45, 2.75) is 42.8 Å². The van der Waals surface area contributed by atoms with Gasteiger partial charge < -0.3 is 10.4 Å². The highest BCUT2D eigenvalue weighted by Gasteiger charge is 2.25. The third-order valence-corrected chi connectivity index (χ3v) is 6.14. The first-order valence-corrected chi connectivity index (χ1v) is 10.2. The lowest BCUT2D eigenvalue weighted by Crippen LogP contribution is -2.46. The van der Waals surface area contributed by atoms with Crippen molar-refractivity contribution in [3.63, 3.8) is 0 Å². The quantitative estimate of drug-likeness (QED) is 0.712. The Bertz CT molecular complexity index is 855. The minimum Gasteiger partial charge on any atom is -0.391 e. The van der Waals surface area contributed by atoms with E-state index in [9.17, 15) is 14.7 Å². The van der Waals surface area contributed by atoms with Gasteiger partial charge in [0.2, 0.25) is 0 Å². The molecule has 2 N–H and O–H groups in total. The first-order chi connectivity index (χ1) is 12.0. The van der Waals surface area contributed by atoms with Crippen LogP contribution in [0.1, 0.15) is 19.3 Å². The third kappa shape index (κ3) is 4.13. The second-order valence-corrected chi connectivity index (χ2v) is 7.90. The molecule has 8 heteroatoms. The summed E-state index contributed by atoms with van der Waals surface area (Å²) < 4.78 is 2.24. The van der Waals surface area contributed by atoms with Gasteiger partial charge in [-0.05, 0) is 53.7 Å². The first-order valence-electron chi connectivity index (χ1n) is 8.15. The number of aliphatic hydroxyl groups is 1. The Labute approximate surface area is 158 Å². The van der Waals surface area contributed by atoms with Crippen molar-refractivity contribution >= 4 is 44.4 Å². The maximum Gasteiger partial charge on any atom is 0.261 e. The highest BCUT2D eigenvalue weighted by atomic mass is 79.9. The number of thioether (sulfide) groups is 1. The van der Waals surface area contributed by atoms with E-state index in [1.807, 2.05) is 12.3 Å². The number of aliphatic hydroxyl groups excluding tert-OH is 1. The lowest BCUT2D eigenvalue weighted by molar-refractivity contribution is -0.121. The predicted molar refractivity (Wildman–Crippen MR) is 102 cm³/mol. The number of carbonyl (C=O) groups excluding carboxylic acids is 1. The molecule has 2 atom stereocenters. The summed E-state index contributed by atoms with van der Waals surface area (Å²) in [6, 6.07) is 3.38. The van der Waals surface area contributed by atoms with Crippen molar-refractivity contribution in [2.24, 2.45) is 0 Å². The van der Waals surface area contributed by atoms with Gasteiger partial charge in [-0.15, -0.1) is 11.8 Å². The summed E-state index contributed by atoms with van der Waals surface area (Å²) in [5.41, 5.74) is 0.376. The SMILES string of the molecule is CSc1cc2c(=O)n(CC(=O)C[C@@H]3NCCC[C@H]3O)cnc2cc1Br. The largest absolute Gasteiger partial charge is 0.391 e.